The zero-order valence-electron chi connectivity index (χ0n) is 14.7. The van der Waals surface area contributed by atoms with Crippen molar-refractivity contribution in [3.63, 3.8) is 0 Å². The summed E-state index contributed by atoms with van der Waals surface area (Å²) in [5.74, 6) is -1.69. The van der Waals surface area contributed by atoms with Gasteiger partial charge in [-0.2, -0.15) is 0 Å². The minimum Gasteiger partial charge on any atom is -0.493 e. The first-order valence-electron chi connectivity index (χ1n) is 7.92. The summed E-state index contributed by atoms with van der Waals surface area (Å²) < 4.78 is 37.1. The molecule has 0 aliphatic heterocycles. The first-order chi connectivity index (χ1) is 12.9. The summed E-state index contributed by atoms with van der Waals surface area (Å²) in [5.41, 5.74) is 4.71. The Bertz CT molecular complexity index is 833. The molecule has 0 aromatic heterocycles. The van der Waals surface area contributed by atoms with Gasteiger partial charge >= 0.3 is 0 Å². The molecule has 0 atom stereocenters. The van der Waals surface area contributed by atoms with E-state index in [4.69, 9.17) is 9.47 Å². The number of rotatable bonds is 7. The Morgan fingerprint density at radius 3 is 2.56 bits per heavy atom. The lowest BCUT2D eigenvalue weighted by molar-refractivity contribution is -0.119. The third-order valence-corrected chi connectivity index (χ3v) is 4.32. The summed E-state index contributed by atoms with van der Waals surface area (Å²) in [7, 11) is 1.45. The number of carbonyl (C=O) groups excluding carboxylic acids is 2. The van der Waals surface area contributed by atoms with Crippen molar-refractivity contribution in [1.29, 1.82) is 0 Å². The molecule has 2 aromatic rings. The van der Waals surface area contributed by atoms with Gasteiger partial charge < -0.3 is 9.47 Å². The van der Waals surface area contributed by atoms with Crippen molar-refractivity contribution in [3.05, 3.63) is 53.6 Å². The largest absolute Gasteiger partial charge is 0.493 e. The predicted octanol–water partition coefficient (Wildman–Crippen LogP) is 2.93. The maximum Gasteiger partial charge on any atom is 0.269 e. The van der Waals surface area contributed by atoms with Gasteiger partial charge in [-0.3, -0.25) is 20.4 Å². The fourth-order valence-corrected chi connectivity index (χ4v) is 2.81. The summed E-state index contributed by atoms with van der Waals surface area (Å²) in [4.78, 5) is 23.9. The van der Waals surface area contributed by atoms with Crippen molar-refractivity contribution in [2.24, 2.45) is 0 Å². The highest BCUT2D eigenvalue weighted by molar-refractivity contribution is 8.00. The van der Waals surface area contributed by atoms with Gasteiger partial charge in [-0.15, -0.1) is 11.8 Å². The summed E-state index contributed by atoms with van der Waals surface area (Å²) >= 11 is 0.815. The minimum atomic E-state index is -0.625. The van der Waals surface area contributed by atoms with Crippen LogP contribution >= 0.6 is 11.8 Å². The lowest BCUT2D eigenvalue weighted by Gasteiger charge is -2.11. The van der Waals surface area contributed by atoms with Crippen LogP contribution in [0.4, 0.5) is 8.78 Å². The van der Waals surface area contributed by atoms with E-state index in [1.807, 2.05) is 6.92 Å². The molecule has 2 rings (SSSR count). The first-order valence-corrected chi connectivity index (χ1v) is 8.91. The number of hydrazine groups is 1. The third-order valence-electron chi connectivity index (χ3n) is 3.29. The highest BCUT2D eigenvalue weighted by Crippen LogP contribution is 2.28. The Hall–Kier alpha value is -2.81. The maximum absolute atomic E-state index is 13.5. The molecular weight excluding hydrogens is 378 g/mol. The van der Waals surface area contributed by atoms with Gasteiger partial charge in [0.1, 0.15) is 11.6 Å². The van der Waals surface area contributed by atoms with Crippen molar-refractivity contribution < 1.29 is 27.8 Å². The molecule has 2 amide bonds. The molecule has 0 unspecified atom stereocenters. The van der Waals surface area contributed by atoms with E-state index in [0.29, 0.717) is 18.1 Å². The number of amides is 2. The van der Waals surface area contributed by atoms with E-state index in [2.05, 4.69) is 10.9 Å². The van der Waals surface area contributed by atoms with E-state index in [-0.39, 0.29) is 16.2 Å². The van der Waals surface area contributed by atoms with Gasteiger partial charge in [0.15, 0.2) is 11.5 Å². The van der Waals surface area contributed by atoms with Crippen LogP contribution in [-0.2, 0) is 4.79 Å². The van der Waals surface area contributed by atoms with Gasteiger partial charge in [-0.1, -0.05) is 0 Å². The van der Waals surface area contributed by atoms with Gasteiger partial charge in [0.05, 0.1) is 19.5 Å². The van der Waals surface area contributed by atoms with E-state index in [9.17, 15) is 18.4 Å². The Morgan fingerprint density at radius 1 is 1.07 bits per heavy atom. The number of methoxy groups -OCH3 is 1. The van der Waals surface area contributed by atoms with Gasteiger partial charge in [-0.05, 0) is 43.3 Å². The number of carbonyl (C=O) groups is 2. The molecule has 27 heavy (non-hydrogen) atoms. The zero-order valence-corrected chi connectivity index (χ0v) is 15.5. The monoisotopic (exact) mass is 396 g/mol. The smallest absolute Gasteiger partial charge is 0.269 e. The molecule has 6 nitrogen and oxygen atoms in total. The van der Waals surface area contributed by atoms with Gasteiger partial charge in [0.2, 0.25) is 5.91 Å². The van der Waals surface area contributed by atoms with Crippen LogP contribution in [0.2, 0.25) is 0 Å². The molecule has 0 heterocycles. The summed E-state index contributed by atoms with van der Waals surface area (Å²) in [6.45, 7) is 2.27. The second-order valence-electron chi connectivity index (χ2n) is 5.16. The Morgan fingerprint density at radius 2 is 1.85 bits per heavy atom. The van der Waals surface area contributed by atoms with Crippen LogP contribution in [-0.4, -0.2) is 31.3 Å². The molecule has 9 heteroatoms. The normalized spacial score (nSPS) is 10.2. The number of hydrogen-bond donors (Lipinski definition) is 2. The van der Waals surface area contributed by atoms with Crippen LogP contribution in [0, 0.1) is 11.6 Å². The summed E-state index contributed by atoms with van der Waals surface area (Å²) in [5, 5.41) is 0. The predicted molar refractivity (Wildman–Crippen MR) is 96.9 cm³/mol. The summed E-state index contributed by atoms with van der Waals surface area (Å²) in [6.07, 6.45) is 0. The maximum atomic E-state index is 13.5. The molecule has 2 aromatic carbocycles. The molecule has 0 aliphatic rings. The quantitative estimate of drug-likeness (QED) is 0.556. The molecule has 0 fully saturated rings. The van der Waals surface area contributed by atoms with Crippen LogP contribution in [0.25, 0.3) is 0 Å². The number of nitrogens with one attached hydrogen (secondary N) is 2. The van der Waals surface area contributed by atoms with Crippen LogP contribution in [0.5, 0.6) is 11.5 Å². The highest BCUT2D eigenvalue weighted by atomic mass is 32.2. The molecule has 0 radical (unpaired) electrons. The number of halogens is 2. The Balaban J connectivity index is 1.89. The molecule has 0 spiro atoms. The molecular formula is C18H18F2N2O4S. The molecule has 0 bridgehead atoms. The van der Waals surface area contributed by atoms with E-state index in [1.54, 1.807) is 6.07 Å². The molecule has 2 N–H and O–H groups in total. The van der Waals surface area contributed by atoms with Crippen LogP contribution < -0.4 is 20.3 Å². The number of hydrogen-bond acceptors (Lipinski definition) is 5. The van der Waals surface area contributed by atoms with E-state index < -0.39 is 23.4 Å². The first kappa shape index (κ1) is 20.5. The number of ether oxygens (including phenoxy) is 2. The van der Waals surface area contributed by atoms with Crippen LogP contribution in [0.15, 0.2) is 41.3 Å². The SMILES string of the molecule is CCOc1ccc(C(=O)NNC(=O)CSc2cc(F)ccc2F)cc1OC. The van der Waals surface area contributed by atoms with E-state index >= 15 is 0 Å². The second-order valence-corrected chi connectivity index (χ2v) is 6.18. The lowest BCUT2D eigenvalue weighted by atomic mass is 10.2. The zero-order chi connectivity index (χ0) is 19.8. The lowest BCUT2D eigenvalue weighted by Crippen LogP contribution is -2.42. The molecule has 0 saturated heterocycles. The highest BCUT2D eigenvalue weighted by Gasteiger charge is 2.13. The average Bonchev–Trinajstić information content (AvgIpc) is 2.67. The van der Waals surface area contributed by atoms with Gasteiger partial charge in [0, 0.05) is 10.5 Å². The Labute approximate surface area is 159 Å². The topological polar surface area (TPSA) is 76.7 Å². The van der Waals surface area contributed by atoms with Gasteiger partial charge in [0.25, 0.3) is 5.91 Å². The number of benzene rings is 2. The minimum absolute atomic E-state index is 0.00715. The van der Waals surface area contributed by atoms with Crippen LogP contribution in [0.3, 0.4) is 0 Å². The second kappa shape index (κ2) is 9.77. The van der Waals surface area contributed by atoms with Gasteiger partial charge in [-0.25, -0.2) is 8.78 Å². The average molecular weight is 396 g/mol. The van der Waals surface area contributed by atoms with Crippen LogP contribution in [0.1, 0.15) is 17.3 Å². The van der Waals surface area contributed by atoms with Crippen molar-refractivity contribution in [3.8, 4) is 11.5 Å². The summed E-state index contributed by atoms with van der Waals surface area (Å²) in [6, 6.07) is 7.55. The number of thioether (sulfide) groups is 1. The van der Waals surface area contributed by atoms with E-state index in [0.717, 1.165) is 30.0 Å². The van der Waals surface area contributed by atoms with Crippen molar-refractivity contribution in [1.82, 2.24) is 10.9 Å². The fourth-order valence-electron chi connectivity index (χ4n) is 2.05. The Kier molecular flexibility index (Phi) is 7.42. The molecule has 144 valence electrons. The van der Waals surface area contributed by atoms with E-state index in [1.165, 1.54) is 19.2 Å². The fraction of sp³-hybridized carbons (Fsp3) is 0.222. The van der Waals surface area contributed by atoms with Crippen molar-refractivity contribution in [2.45, 2.75) is 11.8 Å². The third kappa shape index (κ3) is 5.85. The standard InChI is InChI=1S/C18H18F2N2O4S/c1-3-26-14-7-4-11(8-15(14)25-2)18(24)22-21-17(23)10-27-16-9-12(19)5-6-13(16)20/h4-9H,3,10H2,1-2H3,(H,21,23)(H,22,24). The molecule has 0 saturated carbocycles. The van der Waals surface area contributed by atoms with Crippen molar-refractivity contribution in [2.75, 3.05) is 19.5 Å². The molecule has 0 aliphatic carbocycles. The van der Waals surface area contributed by atoms with Crippen molar-refractivity contribution >= 4 is 23.6 Å².